The maximum atomic E-state index is 12.8. The molecule has 0 aliphatic carbocycles. The van der Waals surface area contributed by atoms with E-state index in [0.29, 0.717) is 23.5 Å². The number of aliphatic carboxylic acids is 1. The van der Waals surface area contributed by atoms with Crippen molar-refractivity contribution in [1.82, 2.24) is 4.90 Å². The molecule has 1 N–H and O–H groups in total. The molecule has 0 aliphatic rings. The highest BCUT2D eigenvalue weighted by molar-refractivity contribution is 8.00. The van der Waals surface area contributed by atoms with Crippen molar-refractivity contribution < 1.29 is 14.7 Å². The third-order valence-corrected chi connectivity index (χ3v) is 5.39. The van der Waals surface area contributed by atoms with Gasteiger partial charge in [-0.15, -0.1) is 23.1 Å². The minimum Gasteiger partial charge on any atom is -0.480 e. The van der Waals surface area contributed by atoms with Crippen LogP contribution in [0.15, 0.2) is 46.7 Å². The van der Waals surface area contributed by atoms with Crippen LogP contribution in [0.5, 0.6) is 0 Å². The van der Waals surface area contributed by atoms with Gasteiger partial charge in [-0.25, -0.2) is 0 Å². The summed E-state index contributed by atoms with van der Waals surface area (Å²) in [7, 11) is 0. The Balaban J connectivity index is 2.22. The predicted octanol–water partition coefficient (Wildman–Crippen LogP) is 3.98. The lowest BCUT2D eigenvalue weighted by molar-refractivity contribution is -0.136. The second-order valence-electron chi connectivity index (χ2n) is 4.99. The van der Waals surface area contributed by atoms with Gasteiger partial charge in [0.1, 0.15) is 5.25 Å². The predicted molar refractivity (Wildman–Crippen MR) is 94.1 cm³/mol. The Morgan fingerprint density at radius 1 is 1.26 bits per heavy atom. The van der Waals surface area contributed by atoms with Gasteiger partial charge in [-0.3, -0.25) is 9.59 Å². The highest BCUT2D eigenvalue weighted by Gasteiger charge is 2.21. The van der Waals surface area contributed by atoms with Crippen molar-refractivity contribution in [3.63, 3.8) is 0 Å². The van der Waals surface area contributed by atoms with Gasteiger partial charge < -0.3 is 10.0 Å². The summed E-state index contributed by atoms with van der Waals surface area (Å²) >= 11 is 2.82. The zero-order valence-corrected chi connectivity index (χ0v) is 14.7. The van der Waals surface area contributed by atoms with Gasteiger partial charge in [0.25, 0.3) is 5.91 Å². The van der Waals surface area contributed by atoms with Gasteiger partial charge >= 0.3 is 5.97 Å². The highest BCUT2D eigenvalue weighted by Crippen LogP contribution is 2.28. The number of nitrogens with zero attached hydrogens (tertiary/aromatic N) is 1. The van der Waals surface area contributed by atoms with Gasteiger partial charge in [-0.05, 0) is 37.4 Å². The van der Waals surface area contributed by atoms with Crippen molar-refractivity contribution in [3.05, 3.63) is 52.2 Å². The monoisotopic (exact) mass is 349 g/mol. The van der Waals surface area contributed by atoms with Crippen molar-refractivity contribution in [3.8, 4) is 0 Å². The Morgan fingerprint density at radius 3 is 2.61 bits per heavy atom. The van der Waals surface area contributed by atoms with Crippen molar-refractivity contribution in [2.24, 2.45) is 0 Å². The second kappa shape index (κ2) is 8.17. The summed E-state index contributed by atoms with van der Waals surface area (Å²) in [6.07, 6.45) is 0. The Labute approximate surface area is 144 Å². The van der Waals surface area contributed by atoms with Crippen LogP contribution in [0.2, 0.25) is 0 Å². The molecule has 0 radical (unpaired) electrons. The molecule has 2 rings (SSSR count). The molecule has 0 saturated heterocycles. The van der Waals surface area contributed by atoms with E-state index >= 15 is 0 Å². The van der Waals surface area contributed by atoms with Crippen molar-refractivity contribution in [1.29, 1.82) is 0 Å². The molecule has 0 saturated carbocycles. The minimum absolute atomic E-state index is 0.0680. The van der Waals surface area contributed by atoms with Gasteiger partial charge in [0.05, 0.1) is 12.1 Å². The summed E-state index contributed by atoms with van der Waals surface area (Å²) in [6, 6.07) is 11.2. The standard InChI is InChI=1S/C17H19NO3S2/c1-3-18(11-13-7-6-10-22-13)16(19)14-8-4-5-9-15(14)23-12(2)17(20)21/h4-10,12H,3,11H2,1-2H3,(H,20,21). The summed E-state index contributed by atoms with van der Waals surface area (Å²) in [5, 5.41) is 10.5. The second-order valence-corrected chi connectivity index (χ2v) is 7.41. The van der Waals surface area contributed by atoms with Crippen molar-refractivity contribution in [2.75, 3.05) is 6.54 Å². The SMILES string of the molecule is CCN(Cc1cccs1)C(=O)c1ccccc1SC(C)C(=O)O. The molecule has 0 bridgehead atoms. The zero-order chi connectivity index (χ0) is 16.8. The Hall–Kier alpha value is -1.79. The molecule has 0 spiro atoms. The Bertz CT molecular complexity index is 670. The maximum absolute atomic E-state index is 12.8. The summed E-state index contributed by atoms with van der Waals surface area (Å²) in [5.74, 6) is -0.954. The van der Waals surface area contributed by atoms with Crippen LogP contribution in [0.3, 0.4) is 0 Å². The van der Waals surface area contributed by atoms with Gasteiger partial charge in [-0.1, -0.05) is 18.2 Å². The van der Waals surface area contributed by atoms with Gasteiger partial charge in [0.15, 0.2) is 0 Å². The average molecular weight is 349 g/mol. The van der Waals surface area contributed by atoms with Crippen molar-refractivity contribution >= 4 is 35.0 Å². The number of carbonyl (C=O) groups is 2. The van der Waals surface area contributed by atoms with E-state index in [4.69, 9.17) is 5.11 Å². The van der Waals surface area contributed by atoms with Gasteiger partial charge in [0, 0.05) is 16.3 Å². The molecule has 1 atom stereocenters. The van der Waals surface area contributed by atoms with Crippen LogP contribution in [-0.2, 0) is 11.3 Å². The first kappa shape index (κ1) is 17.6. The average Bonchev–Trinajstić information content (AvgIpc) is 3.05. The molecular weight excluding hydrogens is 330 g/mol. The summed E-state index contributed by atoms with van der Waals surface area (Å²) in [6.45, 7) is 4.74. The summed E-state index contributed by atoms with van der Waals surface area (Å²) in [5.41, 5.74) is 0.559. The summed E-state index contributed by atoms with van der Waals surface area (Å²) in [4.78, 5) is 27.5. The third kappa shape index (κ3) is 4.59. The number of benzene rings is 1. The van der Waals surface area contributed by atoms with E-state index in [0.717, 1.165) is 4.88 Å². The molecule has 23 heavy (non-hydrogen) atoms. The van der Waals surface area contributed by atoms with E-state index in [9.17, 15) is 9.59 Å². The van der Waals surface area contributed by atoms with E-state index in [1.807, 2.05) is 36.6 Å². The Kier molecular flexibility index (Phi) is 6.24. The fourth-order valence-corrected chi connectivity index (χ4v) is 3.72. The normalized spacial score (nSPS) is 11.9. The number of hydrogen-bond acceptors (Lipinski definition) is 4. The lowest BCUT2D eigenvalue weighted by Crippen LogP contribution is -2.30. The van der Waals surface area contributed by atoms with E-state index in [-0.39, 0.29) is 5.91 Å². The fourth-order valence-electron chi connectivity index (χ4n) is 2.08. The largest absolute Gasteiger partial charge is 0.480 e. The van der Waals surface area contributed by atoms with Crippen LogP contribution in [-0.4, -0.2) is 33.7 Å². The molecule has 1 aromatic carbocycles. The van der Waals surface area contributed by atoms with E-state index < -0.39 is 11.2 Å². The van der Waals surface area contributed by atoms with Crippen LogP contribution >= 0.6 is 23.1 Å². The maximum Gasteiger partial charge on any atom is 0.316 e. The molecule has 0 fully saturated rings. The zero-order valence-electron chi connectivity index (χ0n) is 13.1. The lowest BCUT2D eigenvalue weighted by Gasteiger charge is -2.22. The summed E-state index contributed by atoms with van der Waals surface area (Å²) < 4.78 is 0. The number of hydrogen-bond donors (Lipinski definition) is 1. The molecule has 1 heterocycles. The third-order valence-electron chi connectivity index (χ3n) is 3.36. The van der Waals surface area contributed by atoms with E-state index in [2.05, 4.69) is 0 Å². The molecule has 1 amide bonds. The number of carboxylic acid groups (broad SMARTS) is 1. The molecule has 0 aliphatic heterocycles. The first-order valence-electron chi connectivity index (χ1n) is 7.33. The number of thiophene rings is 1. The van der Waals surface area contributed by atoms with E-state index in [1.54, 1.807) is 35.3 Å². The topological polar surface area (TPSA) is 57.6 Å². The molecule has 122 valence electrons. The van der Waals surface area contributed by atoms with Crippen molar-refractivity contribution in [2.45, 2.75) is 30.5 Å². The smallest absolute Gasteiger partial charge is 0.316 e. The van der Waals surface area contributed by atoms with Crippen LogP contribution in [0, 0.1) is 0 Å². The van der Waals surface area contributed by atoms with E-state index in [1.165, 1.54) is 11.8 Å². The number of carbonyl (C=O) groups excluding carboxylic acids is 1. The Morgan fingerprint density at radius 2 is 2.00 bits per heavy atom. The molecular formula is C17H19NO3S2. The van der Waals surface area contributed by atoms with Crippen LogP contribution in [0.25, 0.3) is 0 Å². The molecule has 4 nitrogen and oxygen atoms in total. The molecule has 6 heteroatoms. The first-order valence-corrected chi connectivity index (χ1v) is 9.09. The fraction of sp³-hybridized carbons (Fsp3) is 0.294. The molecule has 2 aromatic rings. The lowest BCUT2D eigenvalue weighted by atomic mass is 10.2. The van der Waals surface area contributed by atoms with Crippen LogP contribution in [0.4, 0.5) is 0 Å². The molecule has 1 unspecified atom stereocenters. The van der Waals surface area contributed by atoms with Gasteiger partial charge in [-0.2, -0.15) is 0 Å². The number of rotatable bonds is 7. The number of carboxylic acids is 1. The van der Waals surface area contributed by atoms with Crippen LogP contribution in [0.1, 0.15) is 29.1 Å². The first-order chi connectivity index (χ1) is 11.0. The number of thioether (sulfide) groups is 1. The van der Waals surface area contributed by atoms with Crippen LogP contribution < -0.4 is 0 Å². The minimum atomic E-state index is -0.886. The molecule has 1 aromatic heterocycles. The number of amides is 1. The quantitative estimate of drug-likeness (QED) is 0.768. The van der Waals surface area contributed by atoms with Gasteiger partial charge in [0.2, 0.25) is 0 Å². The highest BCUT2D eigenvalue weighted by atomic mass is 32.2.